The second-order valence-electron chi connectivity index (χ2n) is 3.77. The van der Waals surface area contributed by atoms with Gasteiger partial charge in [-0.25, -0.2) is 13.4 Å². The van der Waals surface area contributed by atoms with Crippen molar-refractivity contribution in [3.05, 3.63) is 44.1 Å². The summed E-state index contributed by atoms with van der Waals surface area (Å²) < 4.78 is 27.7. The summed E-state index contributed by atoms with van der Waals surface area (Å²) in [5, 5.41) is 0.372. The van der Waals surface area contributed by atoms with Gasteiger partial charge in [-0.1, -0.05) is 23.2 Å². The molecule has 0 spiro atoms. The van der Waals surface area contributed by atoms with Crippen molar-refractivity contribution in [2.45, 2.75) is 4.90 Å². The van der Waals surface area contributed by atoms with E-state index in [4.69, 9.17) is 28.9 Å². The van der Waals surface area contributed by atoms with Gasteiger partial charge in [-0.15, -0.1) is 0 Å². The Morgan fingerprint density at radius 3 is 2.50 bits per heavy atom. The van der Waals surface area contributed by atoms with E-state index in [0.29, 0.717) is 5.02 Å². The number of pyridine rings is 1. The fourth-order valence-electron chi connectivity index (χ4n) is 1.35. The molecule has 0 aliphatic rings. The maximum Gasteiger partial charge on any atom is 0.263 e. The fourth-order valence-corrected chi connectivity index (χ4v) is 3.59. The Labute approximate surface area is 139 Å². The Morgan fingerprint density at radius 2 is 1.90 bits per heavy atom. The van der Waals surface area contributed by atoms with Gasteiger partial charge in [0.1, 0.15) is 10.7 Å². The Kier molecular flexibility index (Phi) is 4.62. The first kappa shape index (κ1) is 15.6. The van der Waals surface area contributed by atoms with Crippen LogP contribution in [0.25, 0.3) is 0 Å². The maximum atomic E-state index is 12.2. The summed E-state index contributed by atoms with van der Waals surface area (Å²) in [5.74, 6) is 0.0675. The van der Waals surface area contributed by atoms with Gasteiger partial charge < -0.3 is 5.73 Å². The molecular weight excluding hydrogens is 436 g/mol. The van der Waals surface area contributed by atoms with Gasteiger partial charge >= 0.3 is 0 Å². The second-order valence-corrected chi connectivity index (χ2v) is 7.51. The maximum absolute atomic E-state index is 12.2. The summed E-state index contributed by atoms with van der Waals surface area (Å²) in [4.78, 5) is 3.62. The summed E-state index contributed by atoms with van der Waals surface area (Å²) in [5.41, 5.74) is 5.72. The Morgan fingerprint density at radius 1 is 1.20 bits per heavy atom. The van der Waals surface area contributed by atoms with E-state index >= 15 is 0 Å². The molecular formula is C11H8Cl2IN3O2S. The third-order valence-electron chi connectivity index (χ3n) is 2.33. The molecule has 106 valence electrons. The first-order valence-corrected chi connectivity index (χ1v) is 8.50. The zero-order valence-corrected chi connectivity index (χ0v) is 14.3. The van der Waals surface area contributed by atoms with Crippen molar-refractivity contribution in [1.82, 2.24) is 4.98 Å². The van der Waals surface area contributed by atoms with Crippen molar-refractivity contribution < 1.29 is 8.42 Å². The summed E-state index contributed by atoms with van der Waals surface area (Å²) in [6.45, 7) is 0. The van der Waals surface area contributed by atoms with Gasteiger partial charge in [0.2, 0.25) is 0 Å². The largest absolute Gasteiger partial charge is 0.382 e. The standard InChI is InChI=1S/C11H8Cl2IN3O2S/c12-8-3-6(14)1-2-10(8)17-20(18,19)7-4-9(13)11(15)16-5-7/h1-5,17H,(H2,15,16). The molecule has 0 radical (unpaired) electrons. The topological polar surface area (TPSA) is 85.1 Å². The second kappa shape index (κ2) is 5.92. The zero-order valence-electron chi connectivity index (χ0n) is 9.77. The third-order valence-corrected chi connectivity index (χ3v) is 4.95. The Balaban J connectivity index is 2.38. The number of benzene rings is 1. The van der Waals surface area contributed by atoms with Crippen LogP contribution in [0.4, 0.5) is 11.5 Å². The lowest BCUT2D eigenvalue weighted by atomic mass is 10.3. The number of nitrogens with one attached hydrogen (secondary N) is 1. The molecule has 0 bridgehead atoms. The molecule has 0 saturated heterocycles. The van der Waals surface area contributed by atoms with E-state index in [1.165, 1.54) is 6.07 Å². The number of aromatic nitrogens is 1. The molecule has 9 heteroatoms. The molecule has 0 saturated carbocycles. The van der Waals surface area contributed by atoms with Gasteiger partial charge in [-0.3, -0.25) is 4.72 Å². The van der Waals surface area contributed by atoms with Gasteiger partial charge in [-0.05, 0) is 46.9 Å². The molecule has 1 aromatic heterocycles. The molecule has 0 aliphatic carbocycles. The first-order chi connectivity index (χ1) is 9.29. The van der Waals surface area contributed by atoms with Gasteiger partial charge in [-0.2, -0.15) is 0 Å². The highest BCUT2D eigenvalue weighted by Gasteiger charge is 2.17. The van der Waals surface area contributed by atoms with Crippen LogP contribution in [-0.2, 0) is 10.0 Å². The van der Waals surface area contributed by atoms with Crippen LogP contribution in [-0.4, -0.2) is 13.4 Å². The molecule has 3 N–H and O–H groups in total. The molecule has 0 fully saturated rings. The zero-order chi connectivity index (χ0) is 14.9. The van der Waals surface area contributed by atoms with Crippen molar-refractivity contribution in [1.29, 1.82) is 0 Å². The molecule has 0 atom stereocenters. The third kappa shape index (κ3) is 3.46. The monoisotopic (exact) mass is 443 g/mol. The lowest BCUT2D eigenvalue weighted by Crippen LogP contribution is -2.14. The summed E-state index contributed by atoms with van der Waals surface area (Å²) in [6.07, 6.45) is 1.13. The molecule has 0 aliphatic heterocycles. The van der Waals surface area contributed by atoms with Crippen LogP contribution in [0.1, 0.15) is 0 Å². The number of sulfonamides is 1. The predicted octanol–water partition coefficient (Wildman–Crippen LogP) is 3.38. The lowest BCUT2D eigenvalue weighted by molar-refractivity contribution is 0.601. The average Bonchev–Trinajstić information content (AvgIpc) is 2.36. The summed E-state index contributed by atoms with van der Waals surface area (Å²) in [7, 11) is -3.83. The minimum absolute atomic E-state index is 0.0675. The van der Waals surface area contributed by atoms with Gasteiger partial charge in [0.05, 0.1) is 15.7 Å². The fraction of sp³-hybridized carbons (Fsp3) is 0. The highest BCUT2D eigenvalue weighted by atomic mass is 127. The van der Waals surface area contributed by atoms with E-state index < -0.39 is 10.0 Å². The van der Waals surface area contributed by atoms with Gasteiger partial charge in [0.25, 0.3) is 10.0 Å². The van der Waals surface area contributed by atoms with E-state index in [2.05, 4.69) is 32.3 Å². The van der Waals surface area contributed by atoms with Crippen molar-refractivity contribution in [3.8, 4) is 0 Å². The molecule has 20 heavy (non-hydrogen) atoms. The van der Waals surface area contributed by atoms with E-state index in [9.17, 15) is 8.42 Å². The number of nitrogen functional groups attached to an aromatic ring is 1. The number of halogens is 3. The van der Waals surface area contributed by atoms with Gasteiger partial charge in [0, 0.05) is 9.77 Å². The van der Waals surface area contributed by atoms with E-state index in [1.807, 2.05) is 0 Å². The smallest absolute Gasteiger partial charge is 0.263 e. The number of hydrogen-bond donors (Lipinski definition) is 2. The molecule has 5 nitrogen and oxygen atoms in total. The number of nitrogens with two attached hydrogens (primary N) is 1. The molecule has 2 rings (SSSR count). The number of nitrogens with zero attached hydrogens (tertiary/aromatic N) is 1. The number of rotatable bonds is 3. The minimum Gasteiger partial charge on any atom is -0.382 e. The number of anilines is 2. The molecule has 2 aromatic rings. The Hall–Kier alpha value is -0.770. The summed E-state index contributed by atoms with van der Waals surface area (Å²) in [6, 6.07) is 6.19. The molecule has 0 unspecified atom stereocenters. The Bertz CT molecular complexity index is 768. The van der Waals surface area contributed by atoms with E-state index in [-0.39, 0.29) is 21.4 Å². The van der Waals surface area contributed by atoms with Crippen LogP contribution >= 0.6 is 45.8 Å². The minimum atomic E-state index is -3.83. The predicted molar refractivity (Wildman–Crippen MR) is 88.6 cm³/mol. The van der Waals surface area contributed by atoms with E-state index in [0.717, 1.165) is 9.77 Å². The van der Waals surface area contributed by atoms with Crippen molar-refractivity contribution in [3.63, 3.8) is 0 Å². The molecule has 0 amide bonds. The highest BCUT2D eigenvalue weighted by molar-refractivity contribution is 14.1. The quantitative estimate of drug-likeness (QED) is 0.712. The van der Waals surface area contributed by atoms with Crippen LogP contribution < -0.4 is 10.5 Å². The van der Waals surface area contributed by atoms with E-state index in [1.54, 1.807) is 18.2 Å². The van der Waals surface area contributed by atoms with Crippen molar-refractivity contribution in [2.75, 3.05) is 10.5 Å². The van der Waals surface area contributed by atoms with Gasteiger partial charge in [0.15, 0.2) is 0 Å². The molecule has 1 aromatic carbocycles. The van der Waals surface area contributed by atoms with Crippen molar-refractivity contribution in [2.24, 2.45) is 0 Å². The van der Waals surface area contributed by atoms with Crippen molar-refractivity contribution >= 4 is 67.3 Å². The highest BCUT2D eigenvalue weighted by Crippen LogP contribution is 2.27. The van der Waals surface area contributed by atoms with Crippen LogP contribution in [0.2, 0.25) is 10.0 Å². The first-order valence-electron chi connectivity index (χ1n) is 5.18. The molecule has 1 heterocycles. The SMILES string of the molecule is Nc1ncc(S(=O)(=O)Nc2ccc(I)cc2Cl)cc1Cl. The normalized spacial score (nSPS) is 11.3. The summed E-state index contributed by atoms with van der Waals surface area (Å²) >= 11 is 13.8. The van der Waals surface area contributed by atoms with Crippen LogP contribution in [0.15, 0.2) is 35.4 Å². The van der Waals surface area contributed by atoms with Crippen LogP contribution in [0.5, 0.6) is 0 Å². The lowest BCUT2D eigenvalue weighted by Gasteiger charge is -2.10. The van der Waals surface area contributed by atoms with Crippen LogP contribution in [0, 0.1) is 3.57 Å². The average molecular weight is 444 g/mol. The number of hydrogen-bond acceptors (Lipinski definition) is 4. The van der Waals surface area contributed by atoms with Crippen LogP contribution in [0.3, 0.4) is 0 Å².